The largest absolute Gasteiger partial charge is 0.507 e. The van der Waals surface area contributed by atoms with Crippen LogP contribution in [-0.2, 0) is 16.2 Å². The molecular formula is C32H31N3O5S. The van der Waals surface area contributed by atoms with Crippen LogP contribution >= 0.6 is 11.3 Å². The van der Waals surface area contributed by atoms with E-state index in [1.807, 2.05) is 31.2 Å². The number of ketones is 1. The van der Waals surface area contributed by atoms with Crippen LogP contribution in [0.15, 0.2) is 78.4 Å². The maximum atomic E-state index is 13.4. The molecule has 0 aliphatic carbocycles. The van der Waals surface area contributed by atoms with Gasteiger partial charge in [0.2, 0.25) is 5.13 Å². The van der Waals surface area contributed by atoms with Gasteiger partial charge in [0.15, 0.2) is 0 Å². The average Bonchev–Trinajstić information content (AvgIpc) is 3.52. The van der Waals surface area contributed by atoms with E-state index in [9.17, 15) is 14.7 Å². The monoisotopic (exact) mass is 569 g/mol. The van der Waals surface area contributed by atoms with E-state index in [1.165, 1.54) is 16.2 Å². The van der Waals surface area contributed by atoms with Gasteiger partial charge in [0.1, 0.15) is 28.9 Å². The number of benzene rings is 3. The van der Waals surface area contributed by atoms with Crippen LogP contribution in [0.4, 0.5) is 5.13 Å². The Labute approximate surface area is 242 Å². The van der Waals surface area contributed by atoms with Gasteiger partial charge in [0.25, 0.3) is 5.78 Å². The molecule has 5 rings (SSSR count). The lowest BCUT2D eigenvalue weighted by Gasteiger charge is -2.22. The first-order valence-corrected chi connectivity index (χ1v) is 14.3. The number of ether oxygens (including phenoxy) is 2. The number of anilines is 1. The summed E-state index contributed by atoms with van der Waals surface area (Å²) < 4.78 is 11.7. The zero-order valence-electron chi connectivity index (χ0n) is 23.2. The van der Waals surface area contributed by atoms with Crippen LogP contribution in [0.2, 0.25) is 0 Å². The molecule has 1 aliphatic heterocycles. The topological polar surface area (TPSA) is 102 Å². The number of amides is 1. The fraction of sp³-hybridized carbons (Fsp3) is 0.250. The highest BCUT2D eigenvalue weighted by atomic mass is 32.1. The molecule has 210 valence electrons. The van der Waals surface area contributed by atoms with Crippen molar-refractivity contribution in [2.75, 3.05) is 11.5 Å². The summed E-state index contributed by atoms with van der Waals surface area (Å²) in [5.41, 5.74) is 3.23. The minimum absolute atomic E-state index is 0.0175. The Morgan fingerprint density at radius 1 is 0.927 bits per heavy atom. The number of Topliss-reactive ketones (excluding diaryl/α,β-unsaturated/α-hetero) is 1. The summed E-state index contributed by atoms with van der Waals surface area (Å²) in [5.74, 6) is -0.527. The molecule has 1 unspecified atom stereocenters. The van der Waals surface area contributed by atoms with Gasteiger partial charge in [0, 0.05) is 5.56 Å². The summed E-state index contributed by atoms with van der Waals surface area (Å²) in [5, 5.41) is 20.5. The van der Waals surface area contributed by atoms with E-state index in [1.54, 1.807) is 55.5 Å². The van der Waals surface area contributed by atoms with Crippen LogP contribution in [0.3, 0.4) is 0 Å². The Morgan fingerprint density at radius 3 is 2.27 bits per heavy atom. The molecule has 0 spiro atoms. The third-order valence-corrected chi connectivity index (χ3v) is 7.75. The second-order valence-electron chi connectivity index (χ2n) is 9.78. The molecule has 1 atom stereocenters. The summed E-state index contributed by atoms with van der Waals surface area (Å²) in [6.45, 7) is 6.90. The maximum absolute atomic E-state index is 13.4. The second-order valence-corrected chi connectivity index (χ2v) is 10.9. The van der Waals surface area contributed by atoms with Crippen molar-refractivity contribution in [2.45, 2.75) is 46.3 Å². The predicted molar refractivity (Wildman–Crippen MR) is 158 cm³/mol. The molecule has 4 aromatic rings. The van der Waals surface area contributed by atoms with Crippen LogP contribution in [0.5, 0.6) is 11.5 Å². The van der Waals surface area contributed by atoms with E-state index in [2.05, 4.69) is 17.1 Å². The van der Waals surface area contributed by atoms with E-state index in [0.717, 1.165) is 24.0 Å². The number of aliphatic hydroxyl groups excluding tert-OH is 1. The van der Waals surface area contributed by atoms with Gasteiger partial charge in [-0.3, -0.25) is 14.5 Å². The lowest BCUT2D eigenvalue weighted by Crippen LogP contribution is -2.29. The number of hydrogen-bond donors (Lipinski definition) is 1. The number of carbonyl (C=O) groups excluding carboxylic acids is 2. The predicted octanol–water partition coefficient (Wildman–Crippen LogP) is 6.54. The smallest absolute Gasteiger partial charge is 0.301 e. The van der Waals surface area contributed by atoms with Crippen molar-refractivity contribution in [3.05, 3.63) is 106 Å². The lowest BCUT2D eigenvalue weighted by molar-refractivity contribution is -0.132. The molecule has 3 aromatic carbocycles. The van der Waals surface area contributed by atoms with E-state index >= 15 is 0 Å². The standard InChI is InChI=1S/C32H31N3O5S/c1-4-5-18-39-25-14-10-22(11-15-25)28-27(30(37)31(38)35(28)32-34-33-21(3)41-32)29(36)23-12-16-26(17-13-23)40-19-24-9-7-6-8-20(24)2/h6-17,28,36H,4-5,18-19H2,1-3H3/b29-27+. The molecule has 41 heavy (non-hydrogen) atoms. The van der Waals surface area contributed by atoms with E-state index in [4.69, 9.17) is 9.47 Å². The summed E-state index contributed by atoms with van der Waals surface area (Å²) in [6.07, 6.45) is 1.96. The Morgan fingerprint density at radius 2 is 1.61 bits per heavy atom. The third-order valence-electron chi connectivity index (χ3n) is 6.91. The molecule has 1 N–H and O–H groups in total. The first-order valence-electron chi connectivity index (χ1n) is 13.5. The molecule has 1 saturated heterocycles. The molecule has 0 saturated carbocycles. The molecule has 8 nitrogen and oxygen atoms in total. The summed E-state index contributed by atoms with van der Waals surface area (Å²) >= 11 is 1.21. The van der Waals surface area contributed by atoms with E-state index in [-0.39, 0.29) is 16.5 Å². The highest BCUT2D eigenvalue weighted by Gasteiger charge is 2.48. The van der Waals surface area contributed by atoms with Gasteiger partial charge < -0.3 is 14.6 Å². The van der Waals surface area contributed by atoms with Gasteiger partial charge in [-0.05, 0) is 73.4 Å². The first kappa shape index (κ1) is 28.0. The van der Waals surface area contributed by atoms with Crippen LogP contribution in [0.25, 0.3) is 5.76 Å². The average molecular weight is 570 g/mol. The number of hydrogen-bond acceptors (Lipinski definition) is 8. The van der Waals surface area contributed by atoms with Gasteiger partial charge in [0.05, 0.1) is 18.2 Å². The van der Waals surface area contributed by atoms with Crippen molar-refractivity contribution < 1.29 is 24.2 Å². The van der Waals surface area contributed by atoms with Crippen LogP contribution in [0, 0.1) is 13.8 Å². The number of aromatic nitrogens is 2. The number of rotatable bonds is 10. The fourth-order valence-electron chi connectivity index (χ4n) is 4.61. The number of carbonyl (C=O) groups is 2. The quantitative estimate of drug-likeness (QED) is 0.100. The zero-order chi connectivity index (χ0) is 28.9. The van der Waals surface area contributed by atoms with Crippen molar-refractivity contribution in [1.29, 1.82) is 0 Å². The lowest BCUT2D eigenvalue weighted by atomic mass is 9.95. The van der Waals surface area contributed by atoms with Crippen LogP contribution in [0.1, 0.15) is 53.1 Å². The van der Waals surface area contributed by atoms with Crippen molar-refractivity contribution in [2.24, 2.45) is 0 Å². The molecule has 2 heterocycles. The molecule has 1 amide bonds. The molecule has 1 fully saturated rings. The Balaban J connectivity index is 1.47. The first-order chi connectivity index (χ1) is 19.9. The van der Waals surface area contributed by atoms with Crippen molar-refractivity contribution in [1.82, 2.24) is 10.2 Å². The second kappa shape index (κ2) is 12.3. The van der Waals surface area contributed by atoms with E-state index in [0.29, 0.717) is 40.8 Å². The molecule has 0 radical (unpaired) electrons. The van der Waals surface area contributed by atoms with Gasteiger partial charge in [-0.2, -0.15) is 0 Å². The van der Waals surface area contributed by atoms with Gasteiger partial charge in [-0.1, -0.05) is 61.1 Å². The minimum Gasteiger partial charge on any atom is -0.507 e. The molecular weight excluding hydrogens is 538 g/mol. The number of nitrogens with zero attached hydrogens (tertiary/aromatic N) is 3. The van der Waals surface area contributed by atoms with Crippen LogP contribution < -0.4 is 14.4 Å². The highest BCUT2D eigenvalue weighted by Crippen LogP contribution is 2.43. The van der Waals surface area contributed by atoms with Crippen molar-refractivity contribution >= 4 is 33.9 Å². The highest BCUT2D eigenvalue weighted by molar-refractivity contribution is 7.15. The maximum Gasteiger partial charge on any atom is 0.301 e. The zero-order valence-corrected chi connectivity index (χ0v) is 24.0. The van der Waals surface area contributed by atoms with Crippen molar-refractivity contribution in [3.63, 3.8) is 0 Å². The minimum atomic E-state index is -0.885. The molecule has 0 bridgehead atoms. The SMILES string of the molecule is CCCCOc1ccc(C2/C(=C(\O)c3ccc(OCc4ccccc4C)cc3)C(=O)C(=O)N2c2nnc(C)s2)cc1. The number of aliphatic hydroxyl groups is 1. The number of unbranched alkanes of at least 4 members (excludes halogenated alkanes) is 1. The summed E-state index contributed by atoms with van der Waals surface area (Å²) in [7, 11) is 0. The molecule has 9 heteroatoms. The van der Waals surface area contributed by atoms with Gasteiger partial charge >= 0.3 is 5.91 Å². The Bertz CT molecular complexity index is 1580. The number of aryl methyl sites for hydroxylation is 2. The Kier molecular flexibility index (Phi) is 8.45. The van der Waals surface area contributed by atoms with Crippen molar-refractivity contribution in [3.8, 4) is 11.5 Å². The molecule has 1 aliphatic rings. The van der Waals surface area contributed by atoms with Gasteiger partial charge in [-0.15, -0.1) is 10.2 Å². The normalized spacial score (nSPS) is 16.3. The summed E-state index contributed by atoms with van der Waals surface area (Å²) in [4.78, 5) is 28.0. The summed E-state index contributed by atoms with van der Waals surface area (Å²) in [6, 6.07) is 21.1. The third kappa shape index (κ3) is 6.00. The van der Waals surface area contributed by atoms with Gasteiger partial charge in [-0.25, -0.2) is 0 Å². The fourth-order valence-corrected chi connectivity index (χ4v) is 5.32. The van der Waals surface area contributed by atoms with E-state index < -0.39 is 17.7 Å². The van der Waals surface area contributed by atoms with Crippen LogP contribution in [-0.4, -0.2) is 33.6 Å². The Hall–Kier alpha value is -4.50. The molecule has 1 aromatic heterocycles.